The first-order chi connectivity index (χ1) is 47.6. The maximum atomic E-state index is 2.45. The Kier molecular flexibility index (Phi) is 11.1. The monoisotopic (exact) mass is 1220 g/mol. The van der Waals surface area contributed by atoms with E-state index in [1.165, 1.54) is 142 Å². The van der Waals surface area contributed by atoms with E-state index in [4.69, 9.17) is 0 Å². The fraction of sp³-hybridized carbons (Fsp3) is 0. The summed E-state index contributed by atoms with van der Waals surface area (Å²) in [6.07, 6.45) is 0. The third-order valence-electron chi connectivity index (χ3n) is 20.6. The third kappa shape index (κ3) is 7.63. The van der Waals surface area contributed by atoms with E-state index < -0.39 is 0 Å². The van der Waals surface area contributed by atoms with Gasteiger partial charge in [-0.25, -0.2) is 0 Å². The van der Waals surface area contributed by atoms with Crippen LogP contribution in [0.25, 0.3) is 187 Å². The van der Waals surface area contributed by atoms with E-state index in [1.54, 1.807) is 0 Å². The van der Waals surface area contributed by atoms with Crippen LogP contribution in [0.4, 0.5) is 0 Å². The first kappa shape index (κ1) is 52.7. The van der Waals surface area contributed by atoms with Gasteiger partial charge < -0.3 is 27.4 Å². The molecule has 0 bridgehead atoms. The molecule has 21 aromatic rings. The quantitative estimate of drug-likeness (QED) is 0.145. The van der Waals surface area contributed by atoms with Gasteiger partial charge >= 0.3 is 0 Å². The number of benzene rings is 15. The molecule has 6 aromatic heterocycles. The zero-order chi connectivity index (χ0) is 62.7. The Balaban J connectivity index is 0.628. The molecule has 6 heterocycles. The van der Waals surface area contributed by atoms with Gasteiger partial charge in [-0.3, -0.25) is 0 Å². The van der Waals surface area contributed by atoms with Crippen LogP contribution in [0.2, 0.25) is 0 Å². The normalized spacial score (nSPS) is 12.2. The van der Waals surface area contributed by atoms with Crippen molar-refractivity contribution in [2.75, 3.05) is 0 Å². The molecule has 446 valence electrons. The van der Waals surface area contributed by atoms with Crippen LogP contribution < -0.4 is 0 Å². The lowest BCUT2D eigenvalue weighted by Gasteiger charge is -2.13. The van der Waals surface area contributed by atoms with E-state index in [9.17, 15) is 0 Å². The number of hydrogen-bond donors (Lipinski definition) is 0. The molecule has 0 aliphatic carbocycles. The van der Waals surface area contributed by atoms with Crippen molar-refractivity contribution in [3.05, 3.63) is 340 Å². The van der Waals surface area contributed by atoms with Crippen LogP contribution in [0.5, 0.6) is 0 Å². The highest BCUT2D eigenvalue weighted by molar-refractivity contribution is 6.22. The Labute approximate surface area is 551 Å². The molecule has 0 fully saturated rings. The van der Waals surface area contributed by atoms with Crippen molar-refractivity contribution in [1.29, 1.82) is 0 Å². The molecule has 0 spiro atoms. The van der Waals surface area contributed by atoms with Gasteiger partial charge in [-0.1, -0.05) is 194 Å². The van der Waals surface area contributed by atoms with E-state index in [1.807, 2.05) is 0 Å². The second kappa shape index (κ2) is 20.3. The predicted octanol–water partition coefficient (Wildman–Crippen LogP) is 23.6. The summed E-state index contributed by atoms with van der Waals surface area (Å²) >= 11 is 0. The fourth-order valence-corrected chi connectivity index (χ4v) is 16.3. The van der Waals surface area contributed by atoms with Crippen LogP contribution in [0.15, 0.2) is 340 Å². The minimum absolute atomic E-state index is 1.12. The molecule has 96 heavy (non-hydrogen) atoms. The molecule has 0 saturated heterocycles. The van der Waals surface area contributed by atoms with Gasteiger partial charge in [0.05, 0.1) is 66.2 Å². The highest BCUT2D eigenvalue weighted by Crippen LogP contribution is 2.45. The van der Waals surface area contributed by atoms with Gasteiger partial charge in [0.15, 0.2) is 0 Å². The van der Waals surface area contributed by atoms with Crippen LogP contribution in [0.1, 0.15) is 0 Å². The summed E-state index contributed by atoms with van der Waals surface area (Å²) in [6, 6.07) is 125. The van der Waals surface area contributed by atoms with Crippen molar-refractivity contribution >= 4 is 131 Å². The number of aromatic nitrogens is 6. The molecule has 0 amide bonds. The first-order valence-corrected chi connectivity index (χ1v) is 33.1. The van der Waals surface area contributed by atoms with Gasteiger partial charge in [0.2, 0.25) is 0 Å². The lowest BCUT2D eigenvalue weighted by molar-refractivity contribution is 1.16. The predicted molar refractivity (Wildman–Crippen MR) is 403 cm³/mol. The molecule has 0 saturated carbocycles. The van der Waals surface area contributed by atoms with Crippen molar-refractivity contribution in [3.63, 3.8) is 0 Å². The van der Waals surface area contributed by atoms with E-state index >= 15 is 0 Å². The summed E-state index contributed by atoms with van der Waals surface area (Å²) in [7, 11) is 0. The Morgan fingerprint density at radius 1 is 0.115 bits per heavy atom. The standard InChI is InChI=1S/C90H56N6/c1-3-19-61(20-4-1)91-79-29-13-7-23-67(79)73-51-75-69-25-9-15-31-81(69)93(87(75)54-85(73)91)63-43-35-57(36-44-63)59-39-47-65(48-40-59)95-83-33-17-11-27-71(83)77-53-78-72-28-12-18-34-84(72)96(90(78)56-89(77)95)66-49-41-60(42-50-66)58-37-45-64(46-38-58)94-82-32-16-10-26-70(82)76-52-74-68-24-8-14-30-80(68)92(86(74)55-88(76)94)62-21-5-2-6-22-62/h1-56H. The summed E-state index contributed by atoms with van der Waals surface area (Å²) < 4.78 is 14.6. The lowest BCUT2D eigenvalue weighted by atomic mass is 10.0. The Bertz CT molecular complexity index is 6340. The Morgan fingerprint density at radius 2 is 0.281 bits per heavy atom. The van der Waals surface area contributed by atoms with Gasteiger partial charge in [0.25, 0.3) is 0 Å². The highest BCUT2D eigenvalue weighted by atomic mass is 15.0. The van der Waals surface area contributed by atoms with Gasteiger partial charge in [-0.05, 0) is 168 Å². The van der Waals surface area contributed by atoms with Crippen LogP contribution in [0, 0.1) is 0 Å². The van der Waals surface area contributed by atoms with Crippen molar-refractivity contribution in [1.82, 2.24) is 27.4 Å². The average Bonchev–Trinajstić information content (AvgIpc) is 1.57. The summed E-state index contributed by atoms with van der Waals surface area (Å²) in [5, 5.41) is 14.9. The molecule has 15 aromatic carbocycles. The van der Waals surface area contributed by atoms with Crippen LogP contribution in [-0.4, -0.2) is 27.4 Å². The van der Waals surface area contributed by atoms with Gasteiger partial charge in [-0.15, -0.1) is 0 Å². The third-order valence-corrected chi connectivity index (χ3v) is 20.6. The summed E-state index contributed by atoms with van der Waals surface area (Å²) in [6.45, 7) is 0. The molecule has 0 unspecified atom stereocenters. The fourth-order valence-electron chi connectivity index (χ4n) is 16.3. The number of rotatable bonds is 8. The van der Waals surface area contributed by atoms with Crippen LogP contribution in [0.3, 0.4) is 0 Å². The van der Waals surface area contributed by atoms with Crippen molar-refractivity contribution in [2.45, 2.75) is 0 Å². The maximum absolute atomic E-state index is 2.45. The average molecular weight is 1220 g/mol. The van der Waals surface area contributed by atoms with E-state index in [2.05, 4.69) is 367 Å². The second-order valence-electron chi connectivity index (χ2n) is 25.6. The van der Waals surface area contributed by atoms with Crippen molar-refractivity contribution in [2.24, 2.45) is 0 Å². The highest BCUT2D eigenvalue weighted by Gasteiger charge is 2.23. The van der Waals surface area contributed by atoms with E-state index in [0.717, 1.165) is 45.3 Å². The summed E-state index contributed by atoms with van der Waals surface area (Å²) in [5.74, 6) is 0. The summed E-state index contributed by atoms with van der Waals surface area (Å²) in [4.78, 5) is 0. The van der Waals surface area contributed by atoms with Crippen molar-refractivity contribution in [3.8, 4) is 56.4 Å². The lowest BCUT2D eigenvalue weighted by Crippen LogP contribution is -1.97. The number of hydrogen-bond acceptors (Lipinski definition) is 0. The SMILES string of the molecule is c1ccc(-n2c3ccccc3c3cc4c5ccccc5n(-c5ccc(-c6ccc(-n7c8ccccc8c8cc9c%10ccccc%10n(-c%10ccc(-c%11ccc(-n%12c%13ccccc%13c%13cc%14c%15ccccc%15n(-c%15ccccc%15)c%14cc%13%12)cc%11)cc%10)c9cc87)cc6)cc5)c4cc32)cc1. The summed E-state index contributed by atoms with van der Waals surface area (Å²) in [5.41, 5.74) is 25.7. The molecular formula is C90H56N6. The molecule has 0 N–H and O–H groups in total. The smallest absolute Gasteiger partial charge is 0.0562 e. The molecule has 6 nitrogen and oxygen atoms in total. The molecule has 0 atom stereocenters. The second-order valence-corrected chi connectivity index (χ2v) is 25.6. The van der Waals surface area contributed by atoms with Crippen LogP contribution in [-0.2, 0) is 0 Å². The largest absolute Gasteiger partial charge is 0.309 e. The maximum Gasteiger partial charge on any atom is 0.0562 e. The Morgan fingerprint density at radius 3 is 0.479 bits per heavy atom. The van der Waals surface area contributed by atoms with Crippen LogP contribution >= 0.6 is 0 Å². The van der Waals surface area contributed by atoms with E-state index in [-0.39, 0.29) is 0 Å². The van der Waals surface area contributed by atoms with E-state index in [0.29, 0.717) is 0 Å². The number of fused-ring (bicyclic) bond motifs is 18. The van der Waals surface area contributed by atoms with Gasteiger partial charge in [-0.2, -0.15) is 0 Å². The molecule has 0 aliphatic heterocycles. The number of nitrogens with zero attached hydrogens (tertiary/aromatic N) is 6. The van der Waals surface area contributed by atoms with Gasteiger partial charge in [0, 0.05) is 98.8 Å². The molecular weight excluding hydrogens is 1170 g/mol. The molecule has 0 radical (unpaired) electrons. The molecule has 6 heteroatoms. The zero-order valence-corrected chi connectivity index (χ0v) is 52.0. The number of para-hydroxylation sites is 8. The molecule has 21 rings (SSSR count). The minimum atomic E-state index is 1.12. The topological polar surface area (TPSA) is 29.6 Å². The van der Waals surface area contributed by atoms with Gasteiger partial charge in [0.1, 0.15) is 0 Å². The first-order valence-electron chi connectivity index (χ1n) is 33.1. The molecule has 0 aliphatic rings. The zero-order valence-electron chi connectivity index (χ0n) is 52.0. The van der Waals surface area contributed by atoms with Crippen molar-refractivity contribution < 1.29 is 0 Å². The minimum Gasteiger partial charge on any atom is -0.309 e. The Hall–Kier alpha value is -12.9.